The second kappa shape index (κ2) is 6.10. The van der Waals surface area contributed by atoms with Crippen LogP contribution in [0.15, 0.2) is 28.9 Å². The van der Waals surface area contributed by atoms with Crippen LogP contribution in [0.5, 0.6) is 0 Å². The van der Waals surface area contributed by atoms with Crippen LogP contribution in [-0.4, -0.2) is 35.6 Å². The van der Waals surface area contributed by atoms with Crippen LogP contribution in [0.25, 0.3) is 10.9 Å². The number of nitrogens with zero attached hydrogens (tertiary/aromatic N) is 1. The van der Waals surface area contributed by atoms with Gasteiger partial charge in [0.05, 0.1) is 26.2 Å². The van der Waals surface area contributed by atoms with E-state index in [-0.39, 0.29) is 0 Å². The van der Waals surface area contributed by atoms with Crippen molar-refractivity contribution in [3.63, 3.8) is 0 Å². The van der Waals surface area contributed by atoms with Crippen LogP contribution < -0.4 is 0 Å². The summed E-state index contributed by atoms with van der Waals surface area (Å²) < 4.78 is 2.36. The van der Waals surface area contributed by atoms with E-state index >= 15 is 0 Å². The standard InChI is InChI=1S/C16H24BrN2/c1-4-19(5-2,6-3)10-9-13-12-18-16-8-7-14(17)11-15(13)16/h7-8,11-12,18H,4-6,9-10H2,1-3H3/q+1. The predicted octanol–water partition coefficient (Wildman–Crippen LogP) is 4.35. The lowest BCUT2D eigenvalue weighted by Crippen LogP contribution is -2.48. The maximum absolute atomic E-state index is 3.57. The molecule has 0 saturated carbocycles. The lowest BCUT2D eigenvalue weighted by Gasteiger charge is -2.35. The van der Waals surface area contributed by atoms with Crippen molar-refractivity contribution in [1.82, 2.24) is 4.98 Å². The van der Waals surface area contributed by atoms with Gasteiger partial charge in [0.1, 0.15) is 0 Å². The molecule has 1 aromatic carbocycles. The zero-order valence-electron chi connectivity index (χ0n) is 12.2. The number of nitrogens with one attached hydrogen (secondary N) is 1. The highest BCUT2D eigenvalue weighted by Gasteiger charge is 2.20. The SMILES string of the molecule is CC[N+](CC)(CC)CCc1c[nH]c2ccc(Br)cc12. The fourth-order valence-corrected chi connectivity index (χ4v) is 3.22. The van der Waals surface area contributed by atoms with Crippen molar-refractivity contribution in [1.29, 1.82) is 0 Å². The highest BCUT2D eigenvalue weighted by molar-refractivity contribution is 9.10. The molecule has 3 heteroatoms. The molecule has 0 amide bonds. The van der Waals surface area contributed by atoms with Crippen LogP contribution in [0.2, 0.25) is 0 Å². The summed E-state index contributed by atoms with van der Waals surface area (Å²) in [4.78, 5) is 3.38. The average Bonchev–Trinajstić information content (AvgIpc) is 2.83. The molecule has 0 atom stereocenters. The Balaban J connectivity index is 2.20. The van der Waals surface area contributed by atoms with E-state index in [1.165, 1.54) is 47.1 Å². The quantitative estimate of drug-likeness (QED) is 0.761. The monoisotopic (exact) mass is 323 g/mol. The minimum Gasteiger partial charge on any atom is -0.361 e. The van der Waals surface area contributed by atoms with Gasteiger partial charge in [0.25, 0.3) is 0 Å². The normalized spacial score (nSPS) is 12.2. The first-order chi connectivity index (χ1) is 9.14. The van der Waals surface area contributed by atoms with Crippen LogP contribution in [0.4, 0.5) is 0 Å². The summed E-state index contributed by atoms with van der Waals surface area (Å²) in [5.41, 5.74) is 2.68. The third kappa shape index (κ3) is 3.03. The summed E-state index contributed by atoms with van der Waals surface area (Å²) in [6, 6.07) is 6.46. The molecule has 0 saturated heterocycles. The zero-order valence-corrected chi connectivity index (χ0v) is 13.8. The molecule has 0 aliphatic carbocycles. The fraction of sp³-hybridized carbons (Fsp3) is 0.500. The number of hydrogen-bond donors (Lipinski definition) is 1. The van der Waals surface area contributed by atoms with Crippen molar-refractivity contribution < 1.29 is 4.48 Å². The largest absolute Gasteiger partial charge is 0.361 e. The molecule has 1 N–H and O–H groups in total. The van der Waals surface area contributed by atoms with Crippen LogP contribution in [0, 0.1) is 0 Å². The highest BCUT2D eigenvalue weighted by Crippen LogP contribution is 2.23. The smallest absolute Gasteiger partial charge is 0.0828 e. The summed E-state index contributed by atoms with van der Waals surface area (Å²) in [5.74, 6) is 0. The number of aromatic amines is 1. The number of hydrogen-bond acceptors (Lipinski definition) is 0. The molecule has 19 heavy (non-hydrogen) atoms. The number of rotatable bonds is 6. The summed E-state index contributed by atoms with van der Waals surface area (Å²) in [6.45, 7) is 11.8. The Morgan fingerprint density at radius 2 is 1.79 bits per heavy atom. The van der Waals surface area contributed by atoms with Gasteiger partial charge < -0.3 is 9.47 Å². The Morgan fingerprint density at radius 3 is 2.42 bits per heavy atom. The van der Waals surface area contributed by atoms with E-state index in [1.807, 2.05) is 0 Å². The maximum atomic E-state index is 3.57. The van der Waals surface area contributed by atoms with Gasteiger partial charge in [-0.3, -0.25) is 0 Å². The Hall–Kier alpha value is -0.800. The molecule has 1 heterocycles. The van der Waals surface area contributed by atoms with E-state index < -0.39 is 0 Å². The number of fused-ring (bicyclic) bond motifs is 1. The van der Waals surface area contributed by atoms with E-state index in [2.05, 4.69) is 66.1 Å². The lowest BCUT2D eigenvalue weighted by atomic mass is 10.1. The first-order valence-corrected chi connectivity index (χ1v) is 8.04. The van der Waals surface area contributed by atoms with E-state index in [9.17, 15) is 0 Å². The molecule has 0 spiro atoms. The number of H-pyrrole nitrogens is 1. The first kappa shape index (κ1) is 14.6. The highest BCUT2D eigenvalue weighted by atomic mass is 79.9. The van der Waals surface area contributed by atoms with Crippen molar-refractivity contribution >= 4 is 26.8 Å². The van der Waals surface area contributed by atoms with Crippen molar-refractivity contribution in [2.24, 2.45) is 0 Å². The Labute approximate surface area is 124 Å². The molecule has 104 valence electrons. The van der Waals surface area contributed by atoms with E-state index in [0.717, 1.165) is 10.9 Å². The summed E-state index contributed by atoms with van der Waals surface area (Å²) in [5, 5.41) is 1.36. The van der Waals surface area contributed by atoms with Crippen molar-refractivity contribution in [3.05, 3.63) is 34.4 Å². The molecular weight excluding hydrogens is 300 g/mol. The van der Waals surface area contributed by atoms with Gasteiger partial charge in [-0.15, -0.1) is 0 Å². The van der Waals surface area contributed by atoms with Crippen LogP contribution >= 0.6 is 15.9 Å². The third-order valence-corrected chi connectivity index (χ3v) is 5.09. The summed E-state index contributed by atoms with van der Waals surface area (Å²) in [6.07, 6.45) is 3.32. The zero-order chi connectivity index (χ0) is 13.9. The van der Waals surface area contributed by atoms with Crippen molar-refractivity contribution in [3.8, 4) is 0 Å². The van der Waals surface area contributed by atoms with Gasteiger partial charge in [-0.1, -0.05) is 15.9 Å². The van der Waals surface area contributed by atoms with Gasteiger partial charge in [0, 0.05) is 28.0 Å². The van der Waals surface area contributed by atoms with E-state index in [1.54, 1.807) is 0 Å². The molecule has 2 rings (SSSR count). The first-order valence-electron chi connectivity index (χ1n) is 7.24. The summed E-state index contributed by atoms with van der Waals surface area (Å²) in [7, 11) is 0. The fourth-order valence-electron chi connectivity index (χ4n) is 2.86. The lowest BCUT2D eigenvalue weighted by molar-refractivity contribution is -0.923. The molecule has 0 radical (unpaired) electrons. The molecule has 0 bridgehead atoms. The number of halogens is 1. The van der Waals surface area contributed by atoms with Gasteiger partial charge >= 0.3 is 0 Å². The average molecular weight is 324 g/mol. The molecule has 1 aromatic heterocycles. The second-order valence-corrected chi connectivity index (χ2v) is 6.18. The third-order valence-electron chi connectivity index (χ3n) is 4.60. The molecule has 0 unspecified atom stereocenters. The van der Waals surface area contributed by atoms with Gasteiger partial charge in [0.2, 0.25) is 0 Å². The Morgan fingerprint density at radius 1 is 1.11 bits per heavy atom. The van der Waals surface area contributed by atoms with Gasteiger partial charge in [-0.2, -0.15) is 0 Å². The van der Waals surface area contributed by atoms with Crippen LogP contribution in [0.1, 0.15) is 26.3 Å². The number of aromatic nitrogens is 1. The number of benzene rings is 1. The molecule has 0 aliphatic rings. The number of quaternary nitrogens is 1. The van der Waals surface area contributed by atoms with Gasteiger partial charge in [-0.05, 0) is 44.5 Å². The van der Waals surface area contributed by atoms with Gasteiger partial charge in [0.15, 0.2) is 0 Å². The predicted molar refractivity (Wildman–Crippen MR) is 86.5 cm³/mol. The summed E-state index contributed by atoms with van der Waals surface area (Å²) >= 11 is 3.57. The van der Waals surface area contributed by atoms with Gasteiger partial charge in [-0.25, -0.2) is 0 Å². The molecule has 2 aromatic rings. The van der Waals surface area contributed by atoms with Crippen molar-refractivity contribution in [2.75, 3.05) is 26.2 Å². The Kier molecular flexibility index (Phi) is 4.69. The molecule has 2 nitrogen and oxygen atoms in total. The minimum absolute atomic E-state index is 1.14. The molecule has 0 fully saturated rings. The molecular formula is C16H24BrN2+. The minimum atomic E-state index is 1.14. The number of likely N-dealkylation sites (N-methyl/N-ethyl adjacent to an activating group) is 1. The van der Waals surface area contributed by atoms with Crippen molar-refractivity contribution in [2.45, 2.75) is 27.2 Å². The second-order valence-electron chi connectivity index (χ2n) is 5.27. The van der Waals surface area contributed by atoms with Crippen LogP contribution in [0.3, 0.4) is 0 Å². The molecule has 0 aliphatic heterocycles. The topological polar surface area (TPSA) is 15.8 Å². The van der Waals surface area contributed by atoms with E-state index in [4.69, 9.17) is 0 Å². The maximum Gasteiger partial charge on any atom is 0.0828 e. The van der Waals surface area contributed by atoms with E-state index in [0.29, 0.717) is 0 Å². The van der Waals surface area contributed by atoms with Crippen LogP contribution in [-0.2, 0) is 6.42 Å². The Bertz CT molecular complexity index is 532.